The summed E-state index contributed by atoms with van der Waals surface area (Å²) < 4.78 is 0. The molecule has 2 rings (SSSR count). The normalized spacial score (nSPS) is 10.0. The standard InChI is InChI=1S/C8H6N2OS/c11-8-6(2-1-3-10-8)7-4-9-5-12-7/h1-5H,(H,10,11). The minimum atomic E-state index is -0.0678. The first-order chi connectivity index (χ1) is 5.88. The number of aromatic nitrogens is 2. The summed E-state index contributed by atoms with van der Waals surface area (Å²) in [5, 5.41) is 0. The van der Waals surface area contributed by atoms with Crippen LogP contribution in [-0.2, 0) is 0 Å². The van der Waals surface area contributed by atoms with E-state index >= 15 is 0 Å². The van der Waals surface area contributed by atoms with Crippen molar-refractivity contribution in [3.63, 3.8) is 0 Å². The molecule has 4 heteroatoms. The second kappa shape index (κ2) is 2.91. The summed E-state index contributed by atoms with van der Waals surface area (Å²) in [4.78, 5) is 18.7. The number of H-pyrrole nitrogens is 1. The molecule has 0 spiro atoms. The number of nitrogens with one attached hydrogen (secondary N) is 1. The Morgan fingerprint density at radius 1 is 1.50 bits per heavy atom. The van der Waals surface area contributed by atoms with Crippen molar-refractivity contribution in [2.24, 2.45) is 0 Å². The maximum absolute atomic E-state index is 11.2. The molecule has 0 saturated heterocycles. The highest BCUT2D eigenvalue weighted by molar-refractivity contribution is 7.13. The van der Waals surface area contributed by atoms with Crippen LogP contribution < -0.4 is 5.56 Å². The Kier molecular flexibility index (Phi) is 1.75. The van der Waals surface area contributed by atoms with Gasteiger partial charge in [0, 0.05) is 12.4 Å². The molecule has 0 radical (unpaired) electrons. The van der Waals surface area contributed by atoms with Gasteiger partial charge in [-0.1, -0.05) is 0 Å². The molecule has 0 amide bonds. The van der Waals surface area contributed by atoms with Crippen LogP contribution in [0.1, 0.15) is 0 Å². The second-order valence-electron chi connectivity index (χ2n) is 2.28. The molecule has 0 aliphatic heterocycles. The molecule has 0 aliphatic carbocycles. The number of aromatic amines is 1. The van der Waals surface area contributed by atoms with Crippen molar-refractivity contribution >= 4 is 11.3 Å². The predicted molar refractivity (Wildman–Crippen MR) is 48.2 cm³/mol. The Balaban J connectivity index is 2.63. The fraction of sp³-hybridized carbons (Fsp3) is 0. The van der Waals surface area contributed by atoms with E-state index in [9.17, 15) is 4.79 Å². The Morgan fingerprint density at radius 3 is 3.08 bits per heavy atom. The van der Waals surface area contributed by atoms with Crippen molar-refractivity contribution in [2.45, 2.75) is 0 Å². The zero-order chi connectivity index (χ0) is 8.39. The zero-order valence-electron chi connectivity index (χ0n) is 6.15. The molecule has 2 aromatic heterocycles. The predicted octanol–water partition coefficient (Wildman–Crippen LogP) is 1.50. The Morgan fingerprint density at radius 2 is 2.42 bits per heavy atom. The van der Waals surface area contributed by atoms with Crippen molar-refractivity contribution in [3.05, 3.63) is 40.4 Å². The number of hydrogen-bond donors (Lipinski definition) is 1. The second-order valence-corrected chi connectivity index (χ2v) is 3.16. The maximum Gasteiger partial charge on any atom is 0.256 e. The lowest BCUT2D eigenvalue weighted by Crippen LogP contribution is -2.05. The first kappa shape index (κ1) is 7.24. The first-order valence-corrected chi connectivity index (χ1v) is 4.32. The maximum atomic E-state index is 11.2. The molecule has 2 heterocycles. The van der Waals surface area contributed by atoms with Gasteiger partial charge in [0.25, 0.3) is 5.56 Å². The van der Waals surface area contributed by atoms with Crippen molar-refractivity contribution in [1.29, 1.82) is 0 Å². The van der Waals surface area contributed by atoms with Crippen LogP contribution in [-0.4, -0.2) is 9.97 Å². The topological polar surface area (TPSA) is 45.8 Å². The van der Waals surface area contributed by atoms with Crippen molar-refractivity contribution < 1.29 is 0 Å². The van der Waals surface area contributed by atoms with Crippen molar-refractivity contribution in [1.82, 2.24) is 9.97 Å². The first-order valence-electron chi connectivity index (χ1n) is 3.44. The minimum absolute atomic E-state index is 0.0678. The van der Waals surface area contributed by atoms with Crippen LogP contribution in [0, 0.1) is 0 Å². The lowest BCUT2D eigenvalue weighted by Gasteiger charge is -1.91. The fourth-order valence-corrected chi connectivity index (χ4v) is 1.61. The largest absolute Gasteiger partial charge is 0.329 e. The summed E-state index contributed by atoms with van der Waals surface area (Å²) in [6, 6.07) is 3.59. The molecule has 0 bridgehead atoms. The summed E-state index contributed by atoms with van der Waals surface area (Å²) in [6.45, 7) is 0. The van der Waals surface area contributed by atoms with E-state index < -0.39 is 0 Å². The SMILES string of the molecule is O=c1[nH]cccc1-c1cncs1. The highest BCUT2D eigenvalue weighted by Crippen LogP contribution is 2.18. The minimum Gasteiger partial charge on any atom is -0.329 e. The van der Waals surface area contributed by atoms with Gasteiger partial charge in [0.05, 0.1) is 16.0 Å². The van der Waals surface area contributed by atoms with E-state index in [1.54, 1.807) is 30.0 Å². The lowest BCUT2D eigenvalue weighted by atomic mass is 10.2. The van der Waals surface area contributed by atoms with Gasteiger partial charge in [0.2, 0.25) is 0 Å². The Hall–Kier alpha value is -1.42. The number of pyridine rings is 1. The van der Waals surface area contributed by atoms with Gasteiger partial charge in [-0.15, -0.1) is 11.3 Å². The molecule has 3 nitrogen and oxygen atoms in total. The van der Waals surface area contributed by atoms with Crippen LogP contribution >= 0.6 is 11.3 Å². The zero-order valence-corrected chi connectivity index (χ0v) is 6.97. The van der Waals surface area contributed by atoms with Crippen molar-refractivity contribution in [2.75, 3.05) is 0 Å². The van der Waals surface area contributed by atoms with Gasteiger partial charge in [-0.3, -0.25) is 9.78 Å². The van der Waals surface area contributed by atoms with Gasteiger partial charge in [-0.2, -0.15) is 0 Å². The number of hydrogen-bond acceptors (Lipinski definition) is 3. The third kappa shape index (κ3) is 1.16. The quantitative estimate of drug-likeness (QED) is 0.719. The summed E-state index contributed by atoms with van der Waals surface area (Å²) in [5.74, 6) is 0. The van der Waals surface area contributed by atoms with Gasteiger partial charge in [-0.25, -0.2) is 0 Å². The van der Waals surface area contributed by atoms with Crippen LogP contribution in [0.2, 0.25) is 0 Å². The van der Waals surface area contributed by atoms with Crippen molar-refractivity contribution in [3.8, 4) is 10.4 Å². The smallest absolute Gasteiger partial charge is 0.256 e. The third-order valence-electron chi connectivity index (χ3n) is 1.52. The van der Waals surface area contributed by atoms with Gasteiger partial charge < -0.3 is 4.98 Å². The fourth-order valence-electron chi connectivity index (χ4n) is 0.964. The molecular weight excluding hydrogens is 172 g/mol. The third-order valence-corrected chi connectivity index (χ3v) is 2.32. The molecule has 0 fully saturated rings. The van der Waals surface area contributed by atoms with Gasteiger partial charge in [0.15, 0.2) is 0 Å². The molecule has 0 aromatic carbocycles. The lowest BCUT2D eigenvalue weighted by molar-refractivity contribution is 1.24. The highest BCUT2D eigenvalue weighted by atomic mass is 32.1. The van der Waals surface area contributed by atoms with Gasteiger partial charge in [0.1, 0.15) is 0 Å². The highest BCUT2D eigenvalue weighted by Gasteiger charge is 2.01. The summed E-state index contributed by atoms with van der Waals surface area (Å²) in [5.41, 5.74) is 2.32. The molecule has 12 heavy (non-hydrogen) atoms. The van der Waals surface area contributed by atoms with Crippen LogP contribution in [0.5, 0.6) is 0 Å². The molecule has 0 aliphatic rings. The molecule has 1 N–H and O–H groups in total. The van der Waals surface area contributed by atoms with E-state index in [0.29, 0.717) is 5.56 Å². The van der Waals surface area contributed by atoms with E-state index in [4.69, 9.17) is 0 Å². The monoisotopic (exact) mass is 178 g/mol. The van der Waals surface area contributed by atoms with Crippen LogP contribution in [0.4, 0.5) is 0 Å². The molecule has 0 unspecified atom stereocenters. The van der Waals surface area contributed by atoms with E-state index in [0.717, 1.165) is 4.88 Å². The summed E-state index contributed by atoms with van der Waals surface area (Å²) in [6.07, 6.45) is 3.31. The molecule has 0 saturated carbocycles. The van der Waals surface area contributed by atoms with Gasteiger partial charge in [-0.05, 0) is 12.1 Å². The summed E-state index contributed by atoms with van der Waals surface area (Å²) >= 11 is 1.46. The summed E-state index contributed by atoms with van der Waals surface area (Å²) in [7, 11) is 0. The van der Waals surface area contributed by atoms with E-state index in [1.807, 2.05) is 0 Å². The van der Waals surface area contributed by atoms with E-state index in [1.165, 1.54) is 11.3 Å². The number of thiazole rings is 1. The van der Waals surface area contributed by atoms with E-state index in [2.05, 4.69) is 9.97 Å². The average molecular weight is 178 g/mol. The Labute approximate surface area is 72.7 Å². The Bertz CT molecular complexity index is 419. The average Bonchev–Trinajstić information content (AvgIpc) is 2.57. The van der Waals surface area contributed by atoms with Gasteiger partial charge >= 0.3 is 0 Å². The van der Waals surface area contributed by atoms with E-state index in [-0.39, 0.29) is 5.56 Å². The van der Waals surface area contributed by atoms with Crippen LogP contribution in [0.25, 0.3) is 10.4 Å². The van der Waals surface area contributed by atoms with Crippen LogP contribution in [0.15, 0.2) is 34.8 Å². The molecule has 2 aromatic rings. The molecular formula is C8H6N2OS. The number of rotatable bonds is 1. The number of nitrogens with zero attached hydrogens (tertiary/aromatic N) is 1. The van der Waals surface area contributed by atoms with Crippen LogP contribution in [0.3, 0.4) is 0 Å². The molecule has 60 valence electrons. The molecule has 0 atom stereocenters.